The van der Waals surface area contributed by atoms with Crippen molar-refractivity contribution in [1.82, 2.24) is 9.47 Å². The summed E-state index contributed by atoms with van der Waals surface area (Å²) < 4.78 is 3.51. The fraction of sp³-hybridized carbons (Fsp3) is 0.261. The van der Waals surface area contributed by atoms with Crippen LogP contribution in [0.15, 0.2) is 46.9 Å². The van der Waals surface area contributed by atoms with Crippen molar-refractivity contribution in [3.05, 3.63) is 67.2 Å². The van der Waals surface area contributed by atoms with E-state index in [4.69, 9.17) is 12.2 Å². The SMILES string of the molecule is CCC1=CNc2ccccc2C1=CC=c1sc(=C2SC(=S)N(CC)C2=O)n(CC)c1=O. The first kappa shape index (κ1) is 21.8. The Hall–Kier alpha value is -2.42. The van der Waals surface area contributed by atoms with Crippen LogP contribution in [0.5, 0.6) is 0 Å². The number of para-hydroxylation sites is 1. The van der Waals surface area contributed by atoms with Gasteiger partial charge in [-0.15, -0.1) is 11.3 Å². The Kier molecular flexibility index (Phi) is 6.31. The van der Waals surface area contributed by atoms with Gasteiger partial charge in [-0.1, -0.05) is 55.2 Å². The van der Waals surface area contributed by atoms with Crippen LogP contribution in [0.2, 0.25) is 0 Å². The molecule has 31 heavy (non-hydrogen) atoms. The number of benzene rings is 1. The van der Waals surface area contributed by atoms with Crippen molar-refractivity contribution in [3.8, 4) is 0 Å². The molecule has 2 aliphatic heterocycles. The summed E-state index contributed by atoms with van der Waals surface area (Å²) in [5.41, 5.74) is 4.37. The van der Waals surface area contributed by atoms with Crippen molar-refractivity contribution < 1.29 is 4.79 Å². The van der Waals surface area contributed by atoms with Crippen LogP contribution in [0.3, 0.4) is 0 Å². The second-order valence-corrected chi connectivity index (χ2v) is 9.70. The van der Waals surface area contributed by atoms with Crippen LogP contribution in [0.25, 0.3) is 16.6 Å². The average Bonchev–Trinajstić information content (AvgIpc) is 3.25. The van der Waals surface area contributed by atoms with Gasteiger partial charge < -0.3 is 5.32 Å². The highest BCUT2D eigenvalue weighted by Gasteiger charge is 2.32. The summed E-state index contributed by atoms with van der Waals surface area (Å²) in [5, 5.41) is 3.34. The molecule has 5 nitrogen and oxygen atoms in total. The number of anilines is 1. The van der Waals surface area contributed by atoms with Gasteiger partial charge in [-0.2, -0.15) is 0 Å². The molecule has 160 valence electrons. The predicted molar refractivity (Wildman–Crippen MR) is 135 cm³/mol. The number of thiazole rings is 1. The maximum absolute atomic E-state index is 13.1. The lowest BCUT2D eigenvalue weighted by atomic mass is 9.92. The minimum absolute atomic E-state index is 0.0784. The van der Waals surface area contributed by atoms with Gasteiger partial charge in [-0.25, -0.2) is 0 Å². The summed E-state index contributed by atoms with van der Waals surface area (Å²) in [4.78, 5) is 28.0. The van der Waals surface area contributed by atoms with Gasteiger partial charge in [0, 0.05) is 30.5 Å². The van der Waals surface area contributed by atoms with E-state index in [2.05, 4.69) is 18.3 Å². The zero-order chi connectivity index (χ0) is 22.1. The number of hydrogen-bond acceptors (Lipinski definition) is 6. The predicted octanol–water partition coefficient (Wildman–Crippen LogP) is 3.50. The number of amides is 1. The molecule has 2 aliphatic rings. The summed E-state index contributed by atoms with van der Waals surface area (Å²) in [6.07, 6.45) is 6.80. The molecule has 1 N–H and O–H groups in total. The molecule has 0 bridgehead atoms. The summed E-state index contributed by atoms with van der Waals surface area (Å²) in [6, 6.07) is 8.14. The Balaban J connectivity index is 1.89. The van der Waals surface area contributed by atoms with Crippen molar-refractivity contribution in [3.63, 3.8) is 0 Å². The molecule has 0 atom stereocenters. The Morgan fingerprint density at radius 3 is 2.55 bits per heavy atom. The van der Waals surface area contributed by atoms with E-state index in [0.717, 1.165) is 23.2 Å². The van der Waals surface area contributed by atoms with Gasteiger partial charge in [0.15, 0.2) is 0 Å². The number of fused-ring (bicyclic) bond motifs is 1. The summed E-state index contributed by atoms with van der Waals surface area (Å²) in [6.45, 7) is 6.96. The second-order valence-electron chi connectivity index (χ2n) is 7.03. The average molecular weight is 470 g/mol. The van der Waals surface area contributed by atoms with Crippen molar-refractivity contribution in [2.45, 2.75) is 33.7 Å². The summed E-state index contributed by atoms with van der Waals surface area (Å²) in [5.74, 6) is -0.116. The zero-order valence-corrected chi connectivity index (χ0v) is 20.0. The fourth-order valence-corrected chi connectivity index (χ4v) is 6.34. The maximum atomic E-state index is 13.1. The molecule has 2 aromatic rings. The Bertz CT molecular complexity index is 1310. The molecule has 8 heteroatoms. The molecule has 0 saturated carbocycles. The van der Waals surface area contributed by atoms with E-state index in [9.17, 15) is 9.59 Å². The number of nitrogens with one attached hydrogen (secondary N) is 1. The standard InChI is InChI=1S/C23H23N3O2S3/c1-4-14-13-24-17-10-8-7-9-16(17)15(14)11-12-18-20(27)25(5-2)22(30-18)19-21(28)26(6-3)23(29)31-19/h7-13,24H,4-6H2,1-3H3. The summed E-state index contributed by atoms with van der Waals surface area (Å²) in [7, 11) is 0. The van der Waals surface area contributed by atoms with Crippen LogP contribution in [0, 0.1) is 0 Å². The molecule has 0 aliphatic carbocycles. The third-order valence-electron chi connectivity index (χ3n) is 5.33. The highest BCUT2D eigenvalue weighted by atomic mass is 32.2. The first-order chi connectivity index (χ1) is 15.0. The van der Waals surface area contributed by atoms with Crippen LogP contribution in [-0.2, 0) is 11.3 Å². The third kappa shape index (κ3) is 3.84. The number of allylic oxidation sites excluding steroid dienone is 3. The minimum atomic E-state index is -0.116. The number of rotatable bonds is 4. The number of carbonyl (C=O) groups is 1. The van der Waals surface area contributed by atoms with Gasteiger partial charge >= 0.3 is 0 Å². The lowest BCUT2D eigenvalue weighted by Gasteiger charge is -2.20. The van der Waals surface area contributed by atoms with E-state index < -0.39 is 0 Å². The van der Waals surface area contributed by atoms with Gasteiger partial charge in [0.2, 0.25) is 0 Å². The smallest absolute Gasteiger partial charge is 0.269 e. The molecular weight excluding hydrogens is 446 g/mol. The van der Waals surface area contributed by atoms with Crippen molar-refractivity contribution in [2.24, 2.45) is 0 Å². The zero-order valence-electron chi connectivity index (χ0n) is 17.6. The molecule has 1 aromatic heterocycles. The van der Waals surface area contributed by atoms with Crippen LogP contribution < -0.4 is 20.1 Å². The summed E-state index contributed by atoms with van der Waals surface area (Å²) >= 11 is 7.98. The van der Waals surface area contributed by atoms with Crippen molar-refractivity contribution in [1.29, 1.82) is 0 Å². The Morgan fingerprint density at radius 1 is 1.10 bits per heavy atom. The monoisotopic (exact) mass is 469 g/mol. The molecule has 1 saturated heterocycles. The van der Waals surface area contributed by atoms with Crippen LogP contribution in [0.4, 0.5) is 5.69 Å². The molecule has 1 aromatic carbocycles. The first-order valence-corrected chi connectivity index (χ1v) is 12.3. The largest absolute Gasteiger partial charge is 0.361 e. The molecule has 0 radical (unpaired) electrons. The lowest BCUT2D eigenvalue weighted by molar-refractivity contribution is -0.120. The van der Waals surface area contributed by atoms with Gasteiger partial charge in [0.25, 0.3) is 11.5 Å². The third-order valence-corrected chi connectivity index (χ3v) is 8.05. The van der Waals surface area contributed by atoms with Crippen LogP contribution >= 0.6 is 35.3 Å². The van der Waals surface area contributed by atoms with Gasteiger partial charge in [-0.05, 0) is 43.6 Å². The van der Waals surface area contributed by atoms with E-state index in [-0.39, 0.29) is 11.5 Å². The van der Waals surface area contributed by atoms with E-state index >= 15 is 0 Å². The van der Waals surface area contributed by atoms with Crippen molar-refractivity contribution >= 4 is 67.8 Å². The molecule has 1 amide bonds. The number of carbonyl (C=O) groups excluding carboxylic acids is 1. The van der Waals surface area contributed by atoms with E-state index in [0.29, 0.717) is 31.5 Å². The van der Waals surface area contributed by atoms with Crippen LogP contribution in [0.1, 0.15) is 32.8 Å². The fourth-order valence-electron chi connectivity index (χ4n) is 3.70. The van der Waals surface area contributed by atoms with E-state index in [1.165, 1.54) is 28.7 Å². The first-order valence-electron chi connectivity index (χ1n) is 10.2. The quantitative estimate of drug-likeness (QED) is 0.695. The molecule has 0 spiro atoms. The van der Waals surface area contributed by atoms with Crippen molar-refractivity contribution in [2.75, 3.05) is 11.9 Å². The number of thiocarbonyl (C=S) groups is 1. The molecule has 0 unspecified atom stereocenters. The lowest BCUT2D eigenvalue weighted by Crippen LogP contribution is -2.33. The minimum Gasteiger partial charge on any atom is -0.361 e. The van der Waals surface area contributed by atoms with Gasteiger partial charge in [0.1, 0.15) is 13.9 Å². The Morgan fingerprint density at radius 2 is 1.87 bits per heavy atom. The van der Waals surface area contributed by atoms with Gasteiger partial charge in [0.05, 0.1) is 4.53 Å². The number of aromatic nitrogens is 1. The van der Waals surface area contributed by atoms with Gasteiger partial charge in [-0.3, -0.25) is 19.1 Å². The molecule has 3 heterocycles. The number of thioether (sulfide) groups is 1. The van der Waals surface area contributed by atoms with E-state index in [1.54, 1.807) is 9.47 Å². The number of nitrogens with zero attached hydrogens (tertiary/aromatic N) is 2. The number of hydrogen-bond donors (Lipinski definition) is 1. The second kappa shape index (κ2) is 8.98. The highest BCUT2D eigenvalue weighted by Crippen LogP contribution is 2.35. The Labute approximate surface area is 194 Å². The molecular formula is C23H23N3O2S3. The van der Waals surface area contributed by atoms with E-state index in [1.807, 2.05) is 50.4 Å². The molecule has 4 rings (SSSR count). The van der Waals surface area contributed by atoms with Crippen LogP contribution in [-0.4, -0.2) is 26.2 Å². The normalized spacial score (nSPS) is 19.7. The maximum Gasteiger partial charge on any atom is 0.269 e. The molecule has 1 fully saturated rings. The topological polar surface area (TPSA) is 54.3 Å². The highest BCUT2D eigenvalue weighted by molar-refractivity contribution is 8.30.